The van der Waals surface area contributed by atoms with E-state index < -0.39 is 0 Å². The van der Waals surface area contributed by atoms with Gasteiger partial charge in [-0.15, -0.1) is 11.8 Å². The summed E-state index contributed by atoms with van der Waals surface area (Å²) >= 11 is 1.59. The molecule has 0 heterocycles. The van der Waals surface area contributed by atoms with Crippen molar-refractivity contribution in [1.82, 2.24) is 0 Å². The van der Waals surface area contributed by atoms with Gasteiger partial charge in [0.05, 0.1) is 0 Å². The predicted molar refractivity (Wildman–Crippen MR) is 72.4 cm³/mol. The molecule has 0 saturated heterocycles. The maximum atomic E-state index is 13.0. The smallest absolute Gasteiger partial charge is 0.159 e. The van der Waals surface area contributed by atoms with Gasteiger partial charge in [0, 0.05) is 16.2 Å². The summed E-state index contributed by atoms with van der Waals surface area (Å²) in [6.45, 7) is 1.55. The highest BCUT2D eigenvalue weighted by Crippen LogP contribution is 2.24. The number of thioether (sulfide) groups is 1. The lowest BCUT2D eigenvalue weighted by atomic mass is 10.2. The van der Waals surface area contributed by atoms with Crippen molar-refractivity contribution in [2.45, 2.75) is 17.6 Å². The molecule has 0 aliphatic rings. The van der Waals surface area contributed by atoms with E-state index in [4.69, 9.17) is 0 Å². The molecule has 0 aliphatic carbocycles. The Hall–Kier alpha value is -1.61. The molecule has 0 aromatic heterocycles. The highest BCUT2D eigenvalue weighted by Gasteiger charge is 2.02. The fourth-order valence-electron chi connectivity index (χ4n) is 1.60. The summed E-state index contributed by atoms with van der Waals surface area (Å²) in [5.41, 5.74) is 1.65. The summed E-state index contributed by atoms with van der Waals surface area (Å²) in [7, 11) is 0. The molecule has 0 spiro atoms. The first kappa shape index (κ1) is 12.8. The number of carbonyl (C=O) groups is 1. The summed E-state index contributed by atoms with van der Waals surface area (Å²) in [6.07, 6.45) is 0. The molecule has 0 amide bonds. The van der Waals surface area contributed by atoms with Crippen molar-refractivity contribution in [3.05, 3.63) is 65.5 Å². The van der Waals surface area contributed by atoms with E-state index in [1.165, 1.54) is 12.1 Å². The number of Topliss-reactive ketones (excluding diaryl/α,β-unsaturated/α-hetero) is 1. The van der Waals surface area contributed by atoms with Gasteiger partial charge < -0.3 is 0 Å². The van der Waals surface area contributed by atoms with Crippen LogP contribution in [0.1, 0.15) is 22.8 Å². The van der Waals surface area contributed by atoms with Crippen LogP contribution in [0.4, 0.5) is 4.39 Å². The number of benzene rings is 2. The molecule has 3 heteroatoms. The van der Waals surface area contributed by atoms with Gasteiger partial charge in [0.1, 0.15) is 5.82 Å². The summed E-state index contributed by atoms with van der Waals surface area (Å²) in [6, 6.07) is 14.1. The summed E-state index contributed by atoms with van der Waals surface area (Å²) < 4.78 is 13.0. The van der Waals surface area contributed by atoms with Crippen LogP contribution < -0.4 is 0 Å². The Morgan fingerprint density at radius 3 is 2.67 bits per heavy atom. The van der Waals surface area contributed by atoms with Crippen LogP contribution in [0, 0.1) is 5.82 Å². The maximum Gasteiger partial charge on any atom is 0.159 e. The highest BCUT2D eigenvalue weighted by atomic mass is 32.2. The second kappa shape index (κ2) is 5.83. The monoisotopic (exact) mass is 260 g/mol. The average Bonchev–Trinajstić information content (AvgIpc) is 2.37. The van der Waals surface area contributed by atoms with Crippen LogP contribution in [0.5, 0.6) is 0 Å². The Kier molecular flexibility index (Phi) is 4.15. The third-order valence-corrected chi connectivity index (χ3v) is 3.60. The molecule has 2 rings (SSSR count). The molecule has 0 atom stereocenters. The van der Waals surface area contributed by atoms with E-state index in [0.717, 1.165) is 10.5 Å². The van der Waals surface area contributed by atoms with Gasteiger partial charge >= 0.3 is 0 Å². The van der Waals surface area contributed by atoms with Crippen molar-refractivity contribution in [3.8, 4) is 0 Å². The van der Waals surface area contributed by atoms with Crippen LogP contribution in [-0.2, 0) is 5.75 Å². The zero-order valence-corrected chi connectivity index (χ0v) is 10.8. The average molecular weight is 260 g/mol. The van der Waals surface area contributed by atoms with Crippen molar-refractivity contribution >= 4 is 17.5 Å². The predicted octanol–water partition coefficient (Wildman–Crippen LogP) is 4.32. The van der Waals surface area contributed by atoms with Crippen LogP contribution in [0.25, 0.3) is 0 Å². The Bertz CT molecular complexity index is 566. The van der Waals surface area contributed by atoms with Gasteiger partial charge in [-0.3, -0.25) is 4.79 Å². The Morgan fingerprint density at radius 2 is 1.94 bits per heavy atom. The Balaban J connectivity index is 2.06. The summed E-state index contributed by atoms with van der Waals surface area (Å²) in [5.74, 6) is 0.535. The molecule has 0 fully saturated rings. The fourth-order valence-corrected chi connectivity index (χ4v) is 2.50. The number of rotatable bonds is 4. The van der Waals surface area contributed by atoms with Crippen LogP contribution in [0.2, 0.25) is 0 Å². The second-order valence-electron chi connectivity index (χ2n) is 4.00. The first-order chi connectivity index (χ1) is 8.65. The minimum absolute atomic E-state index is 0.0585. The molecule has 92 valence electrons. The van der Waals surface area contributed by atoms with E-state index in [-0.39, 0.29) is 11.6 Å². The molecule has 0 aliphatic heterocycles. The van der Waals surface area contributed by atoms with Gasteiger partial charge in [0.2, 0.25) is 0 Å². The quantitative estimate of drug-likeness (QED) is 0.601. The van der Waals surface area contributed by atoms with E-state index >= 15 is 0 Å². The number of carbonyl (C=O) groups excluding carboxylic acids is 1. The van der Waals surface area contributed by atoms with E-state index in [1.807, 2.05) is 24.3 Å². The standard InChI is InChI=1S/C15H13FOS/c1-11(17)13-5-3-7-15(9-13)18-10-12-4-2-6-14(16)8-12/h2-9H,10H2,1H3. The number of hydrogen-bond acceptors (Lipinski definition) is 2. The minimum atomic E-state index is -0.217. The van der Waals surface area contributed by atoms with Gasteiger partial charge in [-0.25, -0.2) is 4.39 Å². The van der Waals surface area contributed by atoms with Crippen LogP contribution >= 0.6 is 11.8 Å². The molecular formula is C15H13FOS. The zero-order valence-electron chi connectivity index (χ0n) is 10.0. The van der Waals surface area contributed by atoms with Crippen molar-refractivity contribution in [3.63, 3.8) is 0 Å². The number of ketones is 1. The lowest BCUT2D eigenvalue weighted by Gasteiger charge is -2.03. The van der Waals surface area contributed by atoms with Gasteiger partial charge in [0.15, 0.2) is 5.78 Å². The molecule has 2 aromatic carbocycles. The summed E-state index contributed by atoms with van der Waals surface area (Å²) in [4.78, 5) is 12.3. The van der Waals surface area contributed by atoms with Crippen LogP contribution in [0.3, 0.4) is 0 Å². The van der Waals surface area contributed by atoms with Crippen molar-refractivity contribution < 1.29 is 9.18 Å². The highest BCUT2D eigenvalue weighted by molar-refractivity contribution is 7.98. The van der Waals surface area contributed by atoms with Crippen molar-refractivity contribution in [1.29, 1.82) is 0 Å². The van der Waals surface area contributed by atoms with Gasteiger partial charge in [-0.2, -0.15) is 0 Å². The zero-order chi connectivity index (χ0) is 13.0. The SMILES string of the molecule is CC(=O)c1cccc(SCc2cccc(F)c2)c1. The van der Waals surface area contributed by atoms with Gasteiger partial charge in [-0.05, 0) is 36.8 Å². The topological polar surface area (TPSA) is 17.1 Å². The molecule has 0 radical (unpaired) electrons. The lowest BCUT2D eigenvalue weighted by Crippen LogP contribution is -1.91. The molecule has 18 heavy (non-hydrogen) atoms. The van der Waals surface area contributed by atoms with Crippen LogP contribution in [0.15, 0.2) is 53.4 Å². The first-order valence-corrected chi connectivity index (χ1v) is 6.62. The van der Waals surface area contributed by atoms with Gasteiger partial charge in [-0.1, -0.05) is 24.3 Å². The number of halogens is 1. The van der Waals surface area contributed by atoms with E-state index in [2.05, 4.69) is 0 Å². The van der Waals surface area contributed by atoms with Crippen molar-refractivity contribution in [2.24, 2.45) is 0 Å². The molecular weight excluding hydrogens is 247 g/mol. The molecule has 0 unspecified atom stereocenters. The molecule has 2 aromatic rings. The Labute approximate surface area is 110 Å². The molecule has 0 saturated carbocycles. The molecule has 1 nitrogen and oxygen atoms in total. The van der Waals surface area contributed by atoms with E-state index in [0.29, 0.717) is 11.3 Å². The minimum Gasteiger partial charge on any atom is -0.295 e. The van der Waals surface area contributed by atoms with E-state index in [1.54, 1.807) is 30.8 Å². The maximum absolute atomic E-state index is 13.0. The van der Waals surface area contributed by atoms with Crippen LogP contribution in [-0.4, -0.2) is 5.78 Å². The molecule has 0 N–H and O–H groups in total. The third-order valence-electron chi connectivity index (χ3n) is 2.54. The van der Waals surface area contributed by atoms with Gasteiger partial charge in [0.25, 0.3) is 0 Å². The fraction of sp³-hybridized carbons (Fsp3) is 0.133. The Morgan fingerprint density at radius 1 is 1.17 bits per heavy atom. The molecule has 0 bridgehead atoms. The number of hydrogen-bond donors (Lipinski definition) is 0. The lowest BCUT2D eigenvalue weighted by molar-refractivity contribution is 0.101. The first-order valence-electron chi connectivity index (χ1n) is 5.63. The van der Waals surface area contributed by atoms with Crippen molar-refractivity contribution in [2.75, 3.05) is 0 Å². The largest absolute Gasteiger partial charge is 0.295 e. The van der Waals surface area contributed by atoms with E-state index in [9.17, 15) is 9.18 Å². The second-order valence-corrected chi connectivity index (χ2v) is 5.05. The third kappa shape index (κ3) is 3.44. The summed E-state index contributed by atoms with van der Waals surface area (Å²) in [5, 5.41) is 0. The normalized spacial score (nSPS) is 10.3.